The van der Waals surface area contributed by atoms with Crippen LogP contribution in [-0.2, 0) is 14.3 Å². The fourth-order valence-corrected chi connectivity index (χ4v) is 2.12. The Bertz CT molecular complexity index is 299. The zero-order valence-corrected chi connectivity index (χ0v) is 11.6. The molecule has 7 heteroatoms. The van der Waals surface area contributed by atoms with E-state index in [2.05, 4.69) is 15.5 Å². The van der Waals surface area contributed by atoms with E-state index in [0.717, 1.165) is 25.9 Å². The number of amides is 2. The van der Waals surface area contributed by atoms with Crippen LogP contribution in [0.15, 0.2) is 0 Å². The molecule has 7 nitrogen and oxygen atoms in total. The second-order valence-corrected chi connectivity index (χ2v) is 4.69. The van der Waals surface area contributed by atoms with Crippen molar-refractivity contribution < 1.29 is 14.3 Å². The fourth-order valence-electron chi connectivity index (χ4n) is 2.12. The third-order valence-corrected chi connectivity index (χ3v) is 3.37. The van der Waals surface area contributed by atoms with E-state index in [1.165, 1.54) is 7.11 Å². The first-order chi connectivity index (χ1) is 9.10. The number of methoxy groups -OCH3 is 1. The maximum absolute atomic E-state index is 11.8. The van der Waals surface area contributed by atoms with Crippen molar-refractivity contribution in [3.63, 3.8) is 0 Å². The minimum absolute atomic E-state index is 0.0186. The number of ether oxygens (including phenoxy) is 1. The van der Waals surface area contributed by atoms with Crippen LogP contribution in [0.5, 0.6) is 0 Å². The predicted octanol–water partition coefficient (Wildman–Crippen LogP) is -1.71. The quantitative estimate of drug-likeness (QED) is 0.535. The van der Waals surface area contributed by atoms with Crippen molar-refractivity contribution in [2.45, 2.75) is 25.0 Å². The topological polar surface area (TPSA) is 96.7 Å². The number of carbonyl (C=O) groups is 2. The highest BCUT2D eigenvalue weighted by molar-refractivity contribution is 5.81. The molecule has 0 aromatic heterocycles. The molecule has 19 heavy (non-hydrogen) atoms. The van der Waals surface area contributed by atoms with Crippen LogP contribution in [0.3, 0.4) is 0 Å². The highest BCUT2D eigenvalue weighted by Crippen LogP contribution is 2.10. The SMILES string of the molecule is CNC(=O)CN1CCC(NC(=O)C(CN)OC)CC1. The zero-order valence-electron chi connectivity index (χ0n) is 11.6. The average molecular weight is 272 g/mol. The maximum Gasteiger partial charge on any atom is 0.250 e. The van der Waals surface area contributed by atoms with E-state index in [-0.39, 0.29) is 24.4 Å². The summed E-state index contributed by atoms with van der Waals surface area (Å²) in [4.78, 5) is 25.1. The Morgan fingerprint density at radius 3 is 2.53 bits per heavy atom. The summed E-state index contributed by atoms with van der Waals surface area (Å²) < 4.78 is 4.99. The van der Waals surface area contributed by atoms with E-state index in [9.17, 15) is 9.59 Å². The normalized spacial score (nSPS) is 18.9. The monoisotopic (exact) mass is 272 g/mol. The van der Waals surface area contributed by atoms with E-state index in [1.54, 1.807) is 7.05 Å². The molecule has 0 radical (unpaired) electrons. The molecule has 2 amide bonds. The molecule has 110 valence electrons. The molecule has 1 fully saturated rings. The van der Waals surface area contributed by atoms with Crippen LogP contribution >= 0.6 is 0 Å². The molecule has 0 aromatic rings. The smallest absolute Gasteiger partial charge is 0.250 e. The van der Waals surface area contributed by atoms with Gasteiger partial charge in [-0.15, -0.1) is 0 Å². The molecule has 1 rings (SSSR count). The van der Waals surface area contributed by atoms with Crippen molar-refractivity contribution in [2.75, 3.05) is 40.3 Å². The number of hydrogen-bond donors (Lipinski definition) is 3. The standard InChI is InChI=1S/C12H24N4O3/c1-14-11(17)8-16-5-3-9(4-6-16)15-12(18)10(7-13)19-2/h9-10H,3-8,13H2,1-2H3,(H,14,17)(H,15,18). The number of likely N-dealkylation sites (N-methyl/N-ethyl adjacent to an activating group) is 1. The number of carbonyl (C=O) groups excluding carboxylic acids is 2. The van der Waals surface area contributed by atoms with Crippen LogP contribution in [0.2, 0.25) is 0 Å². The fraction of sp³-hybridized carbons (Fsp3) is 0.833. The summed E-state index contributed by atoms with van der Waals surface area (Å²) in [6.07, 6.45) is 1.09. The Morgan fingerprint density at radius 2 is 2.05 bits per heavy atom. The Balaban J connectivity index is 2.30. The summed E-state index contributed by atoms with van der Waals surface area (Å²) in [6.45, 7) is 2.20. The lowest BCUT2D eigenvalue weighted by Crippen LogP contribution is -2.50. The van der Waals surface area contributed by atoms with Gasteiger partial charge in [0.25, 0.3) is 5.91 Å². The van der Waals surface area contributed by atoms with Gasteiger partial charge in [0.1, 0.15) is 6.10 Å². The predicted molar refractivity (Wildman–Crippen MR) is 71.5 cm³/mol. The lowest BCUT2D eigenvalue weighted by atomic mass is 10.0. The number of nitrogens with two attached hydrogens (primary N) is 1. The van der Waals surface area contributed by atoms with Crippen LogP contribution in [0.1, 0.15) is 12.8 Å². The van der Waals surface area contributed by atoms with E-state index < -0.39 is 6.10 Å². The molecule has 1 aliphatic heterocycles. The molecule has 1 unspecified atom stereocenters. The summed E-state index contributed by atoms with van der Waals surface area (Å²) in [5.41, 5.74) is 5.44. The van der Waals surface area contributed by atoms with Crippen molar-refractivity contribution in [3.8, 4) is 0 Å². The highest BCUT2D eigenvalue weighted by Gasteiger charge is 2.24. The molecular formula is C12H24N4O3. The number of nitrogens with zero attached hydrogens (tertiary/aromatic N) is 1. The molecule has 0 aliphatic carbocycles. The minimum Gasteiger partial charge on any atom is -0.370 e. The van der Waals surface area contributed by atoms with Crippen LogP contribution in [0.4, 0.5) is 0 Å². The Hall–Kier alpha value is -1.18. The van der Waals surface area contributed by atoms with Gasteiger partial charge in [-0.05, 0) is 12.8 Å². The first-order valence-electron chi connectivity index (χ1n) is 6.56. The molecule has 0 saturated carbocycles. The summed E-state index contributed by atoms with van der Waals surface area (Å²) in [5.74, 6) is -0.139. The van der Waals surface area contributed by atoms with Gasteiger partial charge >= 0.3 is 0 Å². The van der Waals surface area contributed by atoms with E-state index in [0.29, 0.717) is 6.54 Å². The number of likely N-dealkylation sites (tertiary alicyclic amines) is 1. The summed E-state index contributed by atoms with van der Waals surface area (Å²) >= 11 is 0. The van der Waals surface area contributed by atoms with Gasteiger partial charge in [-0.2, -0.15) is 0 Å². The molecule has 0 bridgehead atoms. The molecule has 0 spiro atoms. The lowest BCUT2D eigenvalue weighted by Gasteiger charge is -2.32. The molecule has 0 aromatic carbocycles. The van der Waals surface area contributed by atoms with Crippen molar-refractivity contribution in [1.29, 1.82) is 0 Å². The third-order valence-electron chi connectivity index (χ3n) is 3.37. The van der Waals surface area contributed by atoms with Crippen molar-refractivity contribution >= 4 is 11.8 Å². The summed E-state index contributed by atoms with van der Waals surface area (Å²) in [6, 6.07) is 0.137. The first kappa shape index (κ1) is 15.9. The number of hydrogen-bond acceptors (Lipinski definition) is 5. The van der Waals surface area contributed by atoms with Crippen molar-refractivity contribution in [1.82, 2.24) is 15.5 Å². The maximum atomic E-state index is 11.8. The lowest BCUT2D eigenvalue weighted by molar-refractivity contribution is -0.131. The Labute approximate surface area is 113 Å². The third kappa shape index (κ3) is 5.14. The number of nitrogens with one attached hydrogen (secondary N) is 2. The molecule has 1 saturated heterocycles. The van der Waals surface area contributed by atoms with E-state index in [4.69, 9.17) is 10.5 Å². The van der Waals surface area contributed by atoms with Gasteiger partial charge in [0.2, 0.25) is 5.91 Å². The largest absolute Gasteiger partial charge is 0.370 e. The summed E-state index contributed by atoms with van der Waals surface area (Å²) in [7, 11) is 3.11. The second kappa shape index (κ2) is 8.08. The molecule has 1 aliphatic rings. The Morgan fingerprint density at radius 1 is 1.42 bits per heavy atom. The van der Waals surface area contributed by atoms with Gasteiger partial charge in [-0.25, -0.2) is 0 Å². The van der Waals surface area contributed by atoms with Gasteiger partial charge in [0.15, 0.2) is 0 Å². The molecule has 1 heterocycles. The van der Waals surface area contributed by atoms with Gasteiger partial charge < -0.3 is 21.1 Å². The van der Waals surface area contributed by atoms with Gasteiger partial charge in [0, 0.05) is 39.8 Å². The van der Waals surface area contributed by atoms with E-state index >= 15 is 0 Å². The van der Waals surface area contributed by atoms with Crippen LogP contribution < -0.4 is 16.4 Å². The second-order valence-electron chi connectivity index (χ2n) is 4.69. The van der Waals surface area contributed by atoms with Gasteiger partial charge in [0.05, 0.1) is 6.54 Å². The molecule has 4 N–H and O–H groups in total. The highest BCUT2D eigenvalue weighted by atomic mass is 16.5. The summed E-state index contributed by atoms with van der Waals surface area (Å²) in [5, 5.41) is 5.54. The van der Waals surface area contributed by atoms with Crippen molar-refractivity contribution in [3.05, 3.63) is 0 Å². The van der Waals surface area contributed by atoms with Crippen LogP contribution in [0.25, 0.3) is 0 Å². The van der Waals surface area contributed by atoms with Crippen LogP contribution in [-0.4, -0.2) is 69.2 Å². The van der Waals surface area contributed by atoms with Crippen LogP contribution in [0, 0.1) is 0 Å². The van der Waals surface area contributed by atoms with Gasteiger partial charge in [-0.1, -0.05) is 0 Å². The van der Waals surface area contributed by atoms with E-state index in [1.807, 2.05) is 0 Å². The average Bonchev–Trinajstić information content (AvgIpc) is 2.42. The number of rotatable bonds is 6. The molecule has 1 atom stereocenters. The van der Waals surface area contributed by atoms with Gasteiger partial charge in [-0.3, -0.25) is 14.5 Å². The Kier molecular flexibility index (Phi) is 6.75. The number of piperidine rings is 1. The minimum atomic E-state index is -0.580. The molecular weight excluding hydrogens is 248 g/mol. The van der Waals surface area contributed by atoms with Crippen molar-refractivity contribution in [2.24, 2.45) is 5.73 Å². The first-order valence-corrected chi connectivity index (χ1v) is 6.56. The zero-order chi connectivity index (χ0) is 14.3.